The van der Waals surface area contributed by atoms with Crippen LogP contribution < -0.4 is 5.01 Å². The van der Waals surface area contributed by atoms with Crippen LogP contribution in [0.5, 0.6) is 0 Å². The largest absolute Gasteiger partial charge is 0.459 e. The Morgan fingerprint density at radius 1 is 0.971 bits per heavy atom. The zero-order valence-corrected chi connectivity index (χ0v) is 19.6. The SMILES string of the molecule is CS(=O)c1cccc(-c2ccc(C3CC(C(F)(F)C(F)(F)F)=NN3c3ccc(Cl)cc3F)cc2)c1. The summed E-state index contributed by atoms with van der Waals surface area (Å²) in [4.78, 5) is 0.610. The quantitative estimate of drug-likeness (QED) is 0.322. The fourth-order valence-corrected chi connectivity index (χ4v) is 4.49. The molecule has 0 radical (unpaired) electrons. The van der Waals surface area contributed by atoms with Crippen LogP contribution in [-0.4, -0.2) is 28.3 Å². The Balaban J connectivity index is 1.73. The standard InChI is InChI=1S/C24H17ClF6N2OS/c1-35(34)18-4-2-3-16(11-18)14-5-7-15(8-6-14)21-13-22(23(27,28)24(29,30)31)32-33(21)20-10-9-17(25)12-19(20)26/h2-12,21H,13H2,1H3. The van der Waals surface area contributed by atoms with Gasteiger partial charge in [0.15, 0.2) is 0 Å². The first-order valence-corrected chi connectivity index (χ1v) is 12.1. The van der Waals surface area contributed by atoms with Crippen molar-refractivity contribution in [3.63, 3.8) is 0 Å². The highest BCUT2D eigenvalue weighted by Crippen LogP contribution is 2.45. The molecule has 1 aliphatic rings. The molecule has 0 aliphatic carbocycles. The average molecular weight is 531 g/mol. The predicted molar refractivity (Wildman–Crippen MR) is 124 cm³/mol. The van der Waals surface area contributed by atoms with Crippen LogP contribution in [0.4, 0.5) is 32.0 Å². The van der Waals surface area contributed by atoms with Gasteiger partial charge in [-0.2, -0.15) is 27.1 Å². The molecule has 1 aliphatic heterocycles. The molecule has 0 amide bonds. The van der Waals surface area contributed by atoms with E-state index in [1.54, 1.807) is 54.8 Å². The Labute approximate surface area is 204 Å². The lowest BCUT2D eigenvalue weighted by Gasteiger charge is -2.24. The van der Waals surface area contributed by atoms with Gasteiger partial charge in [-0.25, -0.2) is 4.39 Å². The van der Waals surface area contributed by atoms with Crippen molar-refractivity contribution < 1.29 is 30.6 Å². The third-order valence-corrected chi connectivity index (χ3v) is 6.73. The molecule has 1 heterocycles. The first-order chi connectivity index (χ1) is 16.4. The number of anilines is 1. The molecule has 2 atom stereocenters. The van der Waals surface area contributed by atoms with Gasteiger partial charge in [-0.15, -0.1) is 0 Å². The zero-order chi connectivity index (χ0) is 25.5. The number of hydrogen-bond donors (Lipinski definition) is 0. The van der Waals surface area contributed by atoms with Crippen LogP contribution in [0.3, 0.4) is 0 Å². The molecule has 0 aromatic heterocycles. The zero-order valence-electron chi connectivity index (χ0n) is 18.0. The molecule has 11 heteroatoms. The molecule has 2 unspecified atom stereocenters. The van der Waals surface area contributed by atoms with Gasteiger partial charge in [0.1, 0.15) is 11.5 Å². The summed E-state index contributed by atoms with van der Waals surface area (Å²) in [7, 11) is -1.20. The van der Waals surface area contributed by atoms with Crippen LogP contribution in [0.1, 0.15) is 18.0 Å². The average Bonchev–Trinajstić information content (AvgIpc) is 3.24. The van der Waals surface area contributed by atoms with E-state index in [9.17, 15) is 30.6 Å². The molecular weight excluding hydrogens is 514 g/mol. The topological polar surface area (TPSA) is 32.7 Å². The van der Waals surface area contributed by atoms with Gasteiger partial charge in [-0.05, 0) is 47.0 Å². The van der Waals surface area contributed by atoms with Crippen LogP contribution in [-0.2, 0) is 10.8 Å². The molecular formula is C24H17ClF6N2OS. The first-order valence-electron chi connectivity index (χ1n) is 10.2. The Morgan fingerprint density at radius 3 is 2.26 bits per heavy atom. The maximum absolute atomic E-state index is 14.6. The highest BCUT2D eigenvalue weighted by Gasteiger charge is 2.62. The first kappa shape index (κ1) is 25.2. The van der Waals surface area contributed by atoms with Gasteiger partial charge in [0, 0.05) is 33.4 Å². The van der Waals surface area contributed by atoms with E-state index < -0.39 is 46.9 Å². The van der Waals surface area contributed by atoms with E-state index in [4.69, 9.17) is 11.6 Å². The smallest absolute Gasteiger partial charge is 0.255 e. The summed E-state index contributed by atoms with van der Waals surface area (Å²) >= 11 is 5.76. The second-order valence-electron chi connectivity index (χ2n) is 7.88. The molecule has 0 N–H and O–H groups in total. The van der Waals surface area contributed by atoms with Crippen molar-refractivity contribution in [3.8, 4) is 11.1 Å². The maximum Gasteiger partial charge on any atom is 0.459 e. The molecule has 3 aromatic carbocycles. The lowest BCUT2D eigenvalue weighted by molar-refractivity contribution is -0.249. The van der Waals surface area contributed by atoms with Gasteiger partial charge in [-0.3, -0.25) is 9.22 Å². The van der Waals surface area contributed by atoms with E-state index in [1.807, 2.05) is 0 Å². The highest BCUT2D eigenvalue weighted by atomic mass is 35.5. The summed E-state index contributed by atoms with van der Waals surface area (Å²) in [5.74, 6) is -6.09. The van der Waals surface area contributed by atoms with Gasteiger partial charge in [0.2, 0.25) is 0 Å². The van der Waals surface area contributed by atoms with Crippen molar-refractivity contribution in [1.29, 1.82) is 0 Å². The van der Waals surface area contributed by atoms with Gasteiger partial charge >= 0.3 is 12.1 Å². The van der Waals surface area contributed by atoms with Crippen molar-refractivity contribution in [3.05, 3.63) is 83.1 Å². The second kappa shape index (κ2) is 9.31. The lowest BCUT2D eigenvalue weighted by atomic mass is 9.96. The molecule has 0 saturated carbocycles. The van der Waals surface area contributed by atoms with Crippen molar-refractivity contribution in [1.82, 2.24) is 0 Å². The van der Waals surface area contributed by atoms with Crippen LogP contribution in [0.15, 0.2) is 76.7 Å². The molecule has 4 rings (SSSR count). The fourth-order valence-electron chi connectivity index (χ4n) is 3.76. The number of hydrogen-bond acceptors (Lipinski definition) is 3. The van der Waals surface area contributed by atoms with Crippen LogP contribution >= 0.6 is 11.6 Å². The minimum Gasteiger partial charge on any atom is -0.255 e. The van der Waals surface area contributed by atoms with Gasteiger partial charge < -0.3 is 0 Å². The van der Waals surface area contributed by atoms with Crippen molar-refractivity contribution in [2.75, 3.05) is 11.3 Å². The molecule has 3 nitrogen and oxygen atoms in total. The number of halogens is 7. The Kier molecular flexibility index (Phi) is 6.72. The van der Waals surface area contributed by atoms with E-state index in [0.29, 0.717) is 16.0 Å². The minimum atomic E-state index is -5.85. The molecule has 184 valence electrons. The van der Waals surface area contributed by atoms with Crippen LogP contribution in [0.2, 0.25) is 5.02 Å². The Hall–Kier alpha value is -2.85. The number of alkyl halides is 5. The minimum absolute atomic E-state index is 0.0337. The molecule has 35 heavy (non-hydrogen) atoms. The Bertz CT molecular complexity index is 1310. The van der Waals surface area contributed by atoms with Gasteiger partial charge in [-0.1, -0.05) is 48.0 Å². The predicted octanol–water partition coefficient (Wildman–Crippen LogP) is 7.39. The van der Waals surface area contributed by atoms with E-state index >= 15 is 0 Å². The lowest BCUT2D eigenvalue weighted by Crippen LogP contribution is -2.43. The van der Waals surface area contributed by atoms with E-state index in [2.05, 4.69) is 5.10 Å². The second-order valence-corrected chi connectivity index (χ2v) is 9.70. The maximum atomic E-state index is 14.6. The summed E-state index contributed by atoms with van der Waals surface area (Å²) < 4.78 is 93.8. The Morgan fingerprint density at radius 2 is 1.66 bits per heavy atom. The molecule has 0 bridgehead atoms. The van der Waals surface area contributed by atoms with Crippen LogP contribution in [0.25, 0.3) is 11.1 Å². The number of hydrazone groups is 1. The number of benzene rings is 3. The van der Waals surface area contributed by atoms with Crippen molar-refractivity contribution >= 4 is 33.8 Å². The molecule has 0 fully saturated rings. The monoisotopic (exact) mass is 530 g/mol. The summed E-state index contributed by atoms with van der Waals surface area (Å²) in [5, 5.41) is 4.38. The van der Waals surface area contributed by atoms with E-state index in [1.165, 1.54) is 12.1 Å². The third-order valence-electron chi connectivity index (χ3n) is 5.58. The molecule has 3 aromatic rings. The summed E-state index contributed by atoms with van der Waals surface area (Å²) in [6, 6.07) is 15.7. The van der Waals surface area contributed by atoms with Crippen molar-refractivity contribution in [2.24, 2.45) is 5.10 Å². The van der Waals surface area contributed by atoms with E-state index in [0.717, 1.165) is 16.6 Å². The number of rotatable bonds is 5. The van der Waals surface area contributed by atoms with Crippen LogP contribution in [0, 0.1) is 5.82 Å². The summed E-state index contributed by atoms with van der Waals surface area (Å²) in [6.07, 6.45) is -5.07. The van der Waals surface area contributed by atoms with Gasteiger partial charge in [0.25, 0.3) is 0 Å². The highest BCUT2D eigenvalue weighted by molar-refractivity contribution is 7.84. The molecule has 0 spiro atoms. The van der Waals surface area contributed by atoms with E-state index in [-0.39, 0.29) is 10.7 Å². The number of nitrogens with zero attached hydrogens (tertiary/aromatic N) is 2. The third kappa shape index (κ3) is 4.95. The summed E-state index contributed by atoms with van der Waals surface area (Å²) in [5.41, 5.74) is 0.123. The normalized spacial score (nSPS) is 17.4. The summed E-state index contributed by atoms with van der Waals surface area (Å²) in [6.45, 7) is 0. The molecule has 0 saturated heterocycles. The van der Waals surface area contributed by atoms with Crippen molar-refractivity contribution in [2.45, 2.75) is 29.5 Å². The van der Waals surface area contributed by atoms with Gasteiger partial charge in [0.05, 0.1) is 11.7 Å². The fraction of sp³-hybridized carbons (Fsp3) is 0.208.